The molecule has 1 aliphatic rings. The summed E-state index contributed by atoms with van der Waals surface area (Å²) in [6.45, 7) is 0.201. The molecule has 1 aromatic heterocycles. The number of hydrogen-bond acceptors (Lipinski definition) is 6. The average Bonchev–Trinajstić information content (AvgIpc) is 3.33. The van der Waals surface area contributed by atoms with E-state index in [2.05, 4.69) is 11.1 Å². The SMILES string of the molecule is COc1cccc(-c2nc(COC(=O)C3Cc4ccccc4S3)cs2)c1. The molecule has 0 bridgehead atoms. The lowest BCUT2D eigenvalue weighted by Crippen LogP contribution is -2.19. The summed E-state index contributed by atoms with van der Waals surface area (Å²) in [7, 11) is 1.64. The first-order valence-corrected chi connectivity index (χ1v) is 9.99. The lowest BCUT2D eigenvalue weighted by molar-refractivity contribution is -0.144. The zero-order valence-electron chi connectivity index (χ0n) is 14.2. The van der Waals surface area contributed by atoms with Crippen LogP contribution in [0.15, 0.2) is 58.8 Å². The summed E-state index contributed by atoms with van der Waals surface area (Å²) < 4.78 is 10.7. The zero-order valence-corrected chi connectivity index (χ0v) is 15.8. The van der Waals surface area contributed by atoms with Crippen LogP contribution in [0.4, 0.5) is 0 Å². The van der Waals surface area contributed by atoms with E-state index in [0.29, 0.717) is 0 Å². The maximum atomic E-state index is 12.4. The summed E-state index contributed by atoms with van der Waals surface area (Å²) in [5, 5.41) is 2.65. The highest BCUT2D eigenvalue weighted by Crippen LogP contribution is 2.37. The molecule has 0 aliphatic carbocycles. The molecule has 1 unspecified atom stereocenters. The number of nitrogens with zero attached hydrogens (tertiary/aromatic N) is 1. The number of thioether (sulfide) groups is 1. The Morgan fingerprint density at radius 1 is 1.23 bits per heavy atom. The molecule has 6 heteroatoms. The number of hydrogen-bond donors (Lipinski definition) is 0. The maximum absolute atomic E-state index is 12.4. The fraction of sp³-hybridized carbons (Fsp3) is 0.200. The number of carbonyl (C=O) groups excluding carboxylic acids is 1. The molecule has 0 spiro atoms. The van der Waals surface area contributed by atoms with Crippen LogP contribution in [0.2, 0.25) is 0 Å². The smallest absolute Gasteiger partial charge is 0.320 e. The van der Waals surface area contributed by atoms with Gasteiger partial charge in [-0.3, -0.25) is 4.79 Å². The number of carbonyl (C=O) groups is 1. The van der Waals surface area contributed by atoms with E-state index < -0.39 is 0 Å². The fourth-order valence-corrected chi connectivity index (χ4v) is 4.81. The lowest BCUT2D eigenvalue weighted by Gasteiger charge is -2.07. The van der Waals surface area contributed by atoms with Gasteiger partial charge in [0.05, 0.1) is 12.8 Å². The van der Waals surface area contributed by atoms with E-state index in [0.717, 1.165) is 28.4 Å². The molecule has 2 heterocycles. The monoisotopic (exact) mass is 383 g/mol. The second kappa shape index (κ2) is 7.51. The Morgan fingerprint density at radius 2 is 2.12 bits per heavy atom. The number of ether oxygens (including phenoxy) is 2. The van der Waals surface area contributed by atoms with E-state index in [1.165, 1.54) is 21.8 Å². The highest BCUT2D eigenvalue weighted by Gasteiger charge is 2.29. The molecule has 0 amide bonds. The van der Waals surface area contributed by atoms with Crippen LogP contribution in [-0.4, -0.2) is 23.3 Å². The summed E-state index contributed by atoms with van der Waals surface area (Å²) in [6.07, 6.45) is 0.728. The predicted molar refractivity (Wildman–Crippen MR) is 104 cm³/mol. The van der Waals surface area contributed by atoms with Crippen molar-refractivity contribution in [2.24, 2.45) is 0 Å². The zero-order chi connectivity index (χ0) is 17.9. The average molecular weight is 383 g/mol. The van der Waals surface area contributed by atoms with Crippen LogP contribution in [-0.2, 0) is 22.6 Å². The van der Waals surface area contributed by atoms with E-state index in [1.54, 1.807) is 18.9 Å². The van der Waals surface area contributed by atoms with Gasteiger partial charge >= 0.3 is 5.97 Å². The van der Waals surface area contributed by atoms with Crippen molar-refractivity contribution < 1.29 is 14.3 Å². The normalized spacial score (nSPS) is 15.5. The molecular weight excluding hydrogens is 366 g/mol. The number of benzene rings is 2. The van der Waals surface area contributed by atoms with Crippen molar-refractivity contribution in [3.8, 4) is 16.3 Å². The summed E-state index contributed by atoms with van der Waals surface area (Å²) >= 11 is 3.11. The Labute approximate surface area is 160 Å². The molecule has 4 nitrogen and oxygen atoms in total. The molecule has 0 saturated heterocycles. The highest BCUT2D eigenvalue weighted by atomic mass is 32.2. The quantitative estimate of drug-likeness (QED) is 0.604. The summed E-state index contributed by atoms with van der Waals surface area (Å²) in [5.41, 5.74) is 2.98. The highest BCUT2D eigenvalue weighted by molar-refractivity contribution is 8.01. The van der Waals surface area contributed by atoms with Gasteiger partial charge in [-0.2, -0.15) is 0 Å². The van der Waals surface area contributed by atoms with Gasteiger partial charge in [0, 0.05) is 15.8 Å². The van der Waals surface area contributed by atoms with E-state index >= 15 is 0 Å². The topological polar surface area (TPSA) is 48.4 Å². The number of aromatic nitrogens is 1. The van der Waals surface area contributed by atoms with Gasteiger partial charge in [0.25, 0.3) is 0 Å². The van der Waals surface area contributed by atoms with Crippen molar-refractivity contribution in [2.75, 3.05) is 7.11 Å². The van der Waals surface area contributed by atoms with Crippen molar-refractivity contribution in [1.29, 1.82) is 0 Å². The summed E-state index contributed by atoms with van der Waals surface area (Å²) in [4.78, 5) is 18.1. The lowest BCUT2D eigenvalue weighted by atomic mass is 10.1. The molecule has 2 aromatic carbocycles. The molecule has 132 valence electrons. The third-order valence-corrected chi connectivity index (χ3v) is 6.38. The van der Waals surface area contributed by atoms with Crippen LogP contribution in [0.3, 0.4) is 0 Å². The van der Waals surface area contributed by atoms with Gasteiger partial charge in [0.2, 0.25) is 0 Å². The first kappa shape index (κ1) is 17.1. The largest absolute Gasteiger partial charge is 0.497 e. The minimum atomic E-state index is -0.179. The Balaban J connectivity index is 1.37. The summed E-state index contributed by atoms with van der Waals surface area (Å²) in [5.74, 6) is 0.616. The van der Waals surface area contributed by atoms with Gasteiger partial charge in [-0.15, -0.1) is 23.1 Å². The maximum Gasteiger partial charge on any atom is 0.320 e. The molecule has 3 aromatic rings. The van der Waals surface area contributed by atoms with Gasteiger partial charge in [-0.1, -0.05) is 30.3 Å². The van der Waals surface area contributed by atoms with Crippen LogP contribution >= 0.6 is 23.1 Å². The molecule has 0 N–H and O–H groups in total. The van der Waals surface area contributed by atoms with Crippen molar-refractivity contribution in [3.05, 3.63) is 65.2 Å². The molecule has 0 fully saturated rings. The Bertz CT molecular complexity index is 913. The number of esters is 1. The van der Waals surface area contributed by atoms with Crippen molar-refractivity contribution in [3.63, 3.8) is 0 Å². The van der Waals surface area contributed by atoms with Crippen LogP contribution in [0.1, 0.15) is 11.3 Å². The van der Waals surface area contributed by atoms with Crippen molar-refractivity contribution >= 4 is 29.1 Å². The van der Waals surface area contributed by atoms with Gasteiger partial charge in [-0.05, 0) is 30.2 Å². The standard InChI is InChI=1S/C20H17NO3S2/c1-23-16-7-4-6-14(9-16)19-21-15(12-25-19)11-24-20(22)18-10-13-5-2-3-8-17(13)26-18/h2-9,12,18H,10-11H2,1H3. The minimum absolute atomic E-state index is 0.163. The number of thiazole rings is 1. The van der Waals surface area contributed by atoms with Crippen LogP contribution in [0.5, 0.6) is 5.75 Å². The van der Waals surface area contributed by atoms with E-state index in [-0.39, 0.29) is 17.8 Å². The molecule has 1 atom stereocenters. The fourth-order valence-electron chi connectivity index (χ4n) is 2.81. The predicted octanol–water partition coefficient (Wildman–Crippen LogP) is 4.58. The second-order valence-corrected chi connectivity index (χ2v) is 8.00. The van der Waals surface area contributed by atoms with Gasteiger partial charge < -0.3 is 9.47 Å². The van der Waals surface area contributed by atoms with Crippen LogP contribution in [0, 0.1) is 0 Å². The third kappa shape index (κ3) is 3.61. The Kier molecular flexibility index (Phi) is 4.95. The number of rotatable bonds is 5. The number of fused-ring (bicyclic) bond motifs is 1. The first-order valence-electron chi connectivity index (χ1n) is 8.23. The Hall–Kier alpha value is -2.31. The Morgan fingerprint density at radius 3 is 2.96 bits per heavy atom. The number of methoxy groups -OCH3 is 1. The van der Waals surface area contributed by atoms with E-state index in [1.807, 2.05) is 47.8 Å². The van der Waals surface area contributed by atoms with E-state index in [9.17, 15) is 4.79 Å². The molecular formula is C20H17NO3S2. The van der Waals surface area contributed by atoms with Gasteiger partial charge in [0.1, 0.15) is 22.6 Å². The van der Waals surface area contributed by atoms with Crippen LogP contribution in [0.25, 0.3) is 10.6 Å². The molecule has 1 aliphatic heterocycles. The molecule has 0 saturated carbocycles. The van der Waals surface area contributed by atoms with Gasteiger partial charge in [-0.25, -0.2) is 4.98 Å². The molecule has 0 radical (unpaired) electrons. The van der Waals surface area contributed by atoms with E-state index in [4.69, 9.17) is 9.47 Å². The third-order valence-electron chi connectivity index (χ3n) is 4.14. The summed E-state index contributed by atoms with van der Waals surface area (Å²) in [6, 6.07) is 15.9. The van der Waals surface area contributed by atoms with Crippen LogP contribution < -0.4 is 4.74 Å². The second-order valence-electron chi connectivity index (χ2n) is 5.90. The van der Waals surface area contributed by atoms with Crippen molar-refractivity contribution in [2.45, 2.75) is 23.2 Å². The van der Waals surface area contributed by atoms with Crippen molar-refractivity contribution in [1.82, 2.24) is 4.98 Å². The molecule has 26 heavy (non-hydrogen) atoms. The van der Waals surface area contributed by atoms with Gasteiger partial charge in [0.15, 0.2) is 0 Å². The molecule has 4 rings (SSSR count). The first-order chi connectivity index (χ1) is 12.7. The minimum Gasteiger partial charge on any atom is -0.497 e.